The molecule has 220 valence electrons. The summed E-state index contributed by atoms with van der Waals surface area (Å²) in [6.45, 7) is 4.16. The van der Waals surface area contributed by atoms with Crippen LogP contribution in [-0.4, -0.2) is 65.9 Å². The summed E-state index contributed by atoms with van der Waals surface area (Å²) in [4.78, 5) is 31.3. The Morgan fingerprint density at radius 2 is 1.57 bits per heavy atom. The molecule has 1 aliphatic rings. The minimum atomic E-state index is -0.618. The monoisotopic (exact) mass is 588 g/mol. The van der Waals surface area contributed by atoms with E-state index in [4.69, 9.17) is 14.8 Å². The van der Waals surface area contributed by atoms with E-state index in [-0.39, 0.29) is 31.1 Å². The highest BCUT2D eigenvalue weighted by molar-refractivity contribution is 8.01. The SMILES string of the molecule is C=CCOC(=O)N1C[C@@H](SC(c2ccccc2)(c2ccccc2)c2ccccc2)C[C@@H]1C/C=N\ONC(=O)NCCO. The number of hydroxylamine groups is 1. The second-order valence-corrected chi connectivity index (χ2v) is 11.1. The van der Waals surface area contributed by atoms with E-state index in [1.54, 1.807) is 11.0 Å². The molecule has 0 radical (unpaired) electrons. The van der Waals surface area contributed by atoms with Crippen LogP contribution >= 0.6 is 11.8 Å². The normalized spacial score (nSPS) is 16.6. The summed E-state index contributed by atoms with van der Waals surface area (Å²) < 4.78 is 4.91. The first kappa shape index (κ1) is 30.7. The van der Waals surface area contributed by atoms with E-state index in [1.165, 1.54) is 6.21 Å². The van der Waals surface area contributed by atoms with Crippen molar-refractivity contribution in [2.75, 3.05) is 26.3 Å². The van der Waals surface area contributed by atoms with Gasteiger partial charge in [-0.3, -0.25) is 4.94 Å². The van der Waals surface area contributed by atoms with Crippen LogP contribution in [0.4, 0.5) is 9.59 Å². The van der Waals surface area contributed by atoms with Crippen LogP contribution in [0.15, 0.2) is 109 Å². The molecule has 3 aromatic carbocycles. The number of ether oxygens (including phenoxy) is 1. The smallest absolute Gasteiger partial charge is 0.410 e. The van der Waals surface area contributed by atoms with Gasteiger partial charge in [0, 0.05) is 37.0 Å². The second kappa shape index (κ2) is 15.6. The maximum atomic E-state index is 13.1. The molecule has 3 N–H and O–H groups in total. The Morgan fingerprint density at radius 3 is 2.10 bits per heavy atom. The fraction of sp³-hybridized carbons (Fsp3) is 0.281. The van der Waals surface area contributed by atoms with Crippen molar-refractivity contribution in [1.29, 1.82) is 0 Å². The summed E-state index contributed by atoms with van der Waals surface area (Å²) in [7, 11) is 0. The van der Waals surface area contributed by atoms with Crippen LogP contribution in [0.3, 0.4) is 0 Å². The number of likely N-dealkylation sites (tertiary alicyclic amines) is 1. The molecule has 9 nitrogen and oxygen atoms in total. The number of hydrogen-bond donors (Lipinski definition) is 3. The molecule has 0 aliphatic carbocycles. The van der Waals surface area contributed by atoms with Crippen molar-refractivity contribution in [2.24, 2.45) is 5.16 Å². The van der Waals surface area contributed by atoms with Gasteiger partial charge in [-0.25, -0.2) is 9.59 Å². The topological polar surface area (TPSA) is 112 Å². The zero-order chi connectivity index (χ0) is 29.6. The average Bonchev–Trinajstić information content (AvgIpc) is 3.45. The van der Waals surface area contributed by atoms with Crippen LogP contribution in [-0.2, 0) is 14.4 Å². The molecule has 10 heteroatoms. The summed E-state index contributed by atoms with van der Waals surface area (Å²) in [5.41, 5.74) is 5.57. The van der Waals surface area contributed by atoms with Crippen molar-refractivity contribution in [3.05, 3.63) is 120 Å². The van der Waals surface area contributed by atoms with E-state index >= 15 is 0 Å². The Morgan fingerprint density at radius 1 is 1.00 bits per heavy atom. The number of benzene rings is 3. The van der Waals surface area contributed by atoms with Crippen molar-refractivity contribution in [3.8, 4) is 0 Å². The molecular weight excluding hydrogens is 552 g/mol. The Labute approximate surface area is 250 Å². The van der Waals surface area contributed by atoms with Crippen LogP contribution in [0.1, 0.15) is 29.5 Å². The number of amides is 3. The molecule has 1 saturated heterocycles. The highest BCUT2D eigenvalue weighted by Gasteiger charge is 2.44. The molecule has 2 atom stereocenters. The van der Waals surface area contributed by atoms with Crippen molar-refractivity contribution >= 4 is 30.1 Å². The molecule has 0 saturated carbocycles. The first-order valence-electron chi connectivity index (χ1n) is 13.8. The molecule has 0 bridgehead atoms. The van der Waals surface area contributed by atoms with Gasteiger partial charge >= 0.3 is 12.1 Å². The Kier molecular flexibility index (Phi) is 11.4. The lowest BCUT2D eigenvalue weighted by Crippen LogP contribution is -2.37. The molecule has 0 unspecified atom stereocenters. The fourth-order valence-electron chi connectivity index (χ4n) is 5.07. The third-order valence-electron chi connectivity index (χ3n) is 6.86. The zero-order valence-corrected chi connectivity index (χ0v) is 24.1. The van der Waals surface area contributed by atoms with Crippen molar-refractivity contribution < 1.29 is 24.4 Å². The van der Waals surface area contributed by atoms with Gasteiger partial charge in [0.15, 0.2) is 0 Å². The van der Waals surface area contributed by atoms with E-state index in [0.717, 1.165) is 16.7 Å². The quantitative estimate of drug-likeness (QED) is 0.111. The summed E-state index contributed by atoms with van der Waals surface area (Å²) in [6, 6.07) is 30.5. The van der Waals surface area contributed by atoms with Crippen LogP contribution in [0.25, 0.3) is 0 Å². The van der Waals surface area contributed by atoms with Gasteiger partial charge in [-0.15, -0.1) is 17.2 Å². The number of aliphatic hydroxyl groups is 1. The van der Waals surface area contributed by atoms with E-state index in [9.17, 15) is 9.59 Å². The van der Waals surface area contributed by atoms with Gasteiger partial charge in [-0.2, -0.15) is 0 Å². The number of nitrogens with zero attached hydrogens (tertiary/aromatic N) is 2. The molecule has 3 aromatic rings. The summed E-state index contributed by atoms with van der Waals surface area (Å²) in [5, 5.41) is 15.1. The Balaban J connectivity index is 1.60. The highest BCUT2D eigenvalue weighted by atomic mass is 32.2. The molecule has 42 heavy (non-hydrogen) atoms. The van der Waals surface area contributed by atoms with Crippen LogP contribution in [0, 0.1) is 0 Å². The molecular formula is C32H36N4O5S. The van der Waals surface area contributed by atoms with Crippen LogP contribution in [0.2, 0.25) is 0 Å². The third kappa shape index (κ3) is 7.71. The predicted octanol–water partition coefficient (Wildman–Crippen LogP) is 5.08. The van der Waals surface area contributed by atoms with Crippen molar-refractivity contribution in [1.82, 2.24) is 15.7 Å². The standard InChI is InChI=1S/C32H36N4O5S/c1-2-22-40-31(39)36-24-29(23-28(36)18-19-34-41-35-30(38)33-20-21-37)42-32(25-12-6-3-7-13-25,26-14-8-4-9-15-26)27-16-10-5-11-17-27/h2-17,19,28-29,37H,1,18,20-24H2,(H2,33,35,38)/b34-19-/t28-,29-/m0/s1. The average molecular weight is 589 g/mol. The van der Waals surface area contributed by atoms with Crippen LogP contribution < -0.4 is 10.8 Å². The summed E-state index contributed by atoms with van der Waals surface area (Å²) >= 11 is 1.83. The number of carbonyl (C=O) groups excluding carboxylic acids is 2. The van der Waals surface area contributed by atoms with Crippen LogP contribution in [0.5, 0.6) is 0 Å². The second-order valence-electron chi connectivity index (χ2n) is 9.62. The van der Waals surface area contributed by atoms with E-state index in [2.05, 4.69) is 95.3 Å². The summed E-state index contributed by atoms with van der Waals surface area (Å²) in [6.07, 6.45) is 3.75. The first-order valence-corrected chi connectivity index (χ1v) is 14.7. The highest BCUT2D eigenvalue weighted by Crippen LogP contribution is 2.52. The predicted molar refractivity (Wildman–Crippen MR) is 165 cm³/mol. The minimum Gasteiger partial charge on any atom is -0.445 e. The number of rotatable bonds is 13. The molecule has 0 aromatic heterocycles. The summed E-state index contributed by atoms with van der Waals surface area (Å²) in [5.74, 6) is 0. The van der Waals surface area contributed by atoms with Crippen molar-refractivity contribution in [2.45, 2.75) is 28.9 Å². The van der Waals surface area contributed by atoms with Crippen molar-refractivity contribution in [3.63, 3.8) is 0 Å². The maximum absolute atomic E-state index is 13.1. The van der Waals surface area contributed by atoms with E-state index in [1.807, 2.05) is 30.0 Å². The minimum absolute atomic E-state index is 0.0589. The first-order chi connectivity index (χ1) is 20.6. The number of aliphatic hydroxyl groups excluding tert-OH is 1. The van der Waals surface area contributed by atoms with Gasteiger partial charge in [0.05, 0.1) is 11.4 Å². The van der Waals surface area contributed by atoms with Gasteiger partial charge in [0.2, 0.25) is 0 Å². The largest absolute Gasteiger partial charge is 0.445 e. The van der Waals surface area contributed by atoms with Gasteiger partial charge in [-0.1, -0.05) is 109 Å². The fourth-order valence-corrected chi connectivity index (χ4v) is 6.94. The molecule has 1 heterocycles. The van der Waals surface area contributed by atoms with Gasteiger partial charge in [-0.05, 0) is 23.1 Å². The third-order valence-corrected chi connectivity index (χ3v) is 8.60. The van der Waals surface area contributed by atoms with Gasteiger partial charge in [0.1, 0.15) is 6.61 Å². The number of nitrogens with one attached hydrogen (secondary N) is 2. The number of oxime groups is 1. The Bertz CT molecular complexity index is 1210. The van der Waals surface area contributed by atoms with Gasteiger partial charge < -0.3 is 20.1 Å². The number of urea groups is 1. The lowest BCUT2D eigenvalue weighted by Gasteiger charge is -2.37. The molecule has 4 rings (SSSR count). The van der Waals surface area contributed by atoms with E-state index in [0.29, 0.717) is 19.4 Å². The lowest BCUT2D eigenvalue weighted by molar-refractivity contribution is 0.0669. The number of carbonyl (C=O) groups is 2. The molecule has 1 fully saturated rings. The Hall–Kier alpha value is -4.28. The van der Waals surface area contributed by atoms with Gasteiger partial charge in [0.25, 0.3) is 0 Å². The van der Waals surface area contributed by atoms with E-state index < -0.39 is 16.9 Å². The number of thioether (sulfide) groups is 1. The zero-order valence-electron chi connectivity index (χ0n) is 23.3. The number of hydrogen-bond acceptors (Lipinski definition) is 7. The maximum Gasteiger partial charge on any atom is 0.410 e. The molecule has 1 aliphatic heterocycles. The molecule has 0 spiro atoms. The molecule has 3 amide bonds. The lowest BCUT2D eigenvalue weighted by atomic mass is 9.84.